The highest BCUT2D eigenvalue weighted by Gasteiger charge is 2.26. The standard InChI is InChI=1S/C18H27NO5/c1-5-15(20)14(11-16(21)24-18(2,3)4)19-17(22)23-12-13-9-7-6-8-10-13/h6-10,14-15,20H,5,11-12H2,1-4H3,(H,19,22)/t14-,15?/m0/s1. The van der Waals surface area contributed by atoms with Crippen LogP contribution in [0.1, 0.15) is 46.1 Å². The first-order chi connectivity index (χ1) is 11.2. The molecule has 1 amide bonds. The van der Waals surface area contributed by atoms with Crippen LogP contribution in [-0.4, -0.2) is 34.9 Å². The van der Waals surface area contributed by atoms with Crippen molar-refractivity contribution < 1.29 is 24.2 Å². The third kappa shape index (κ3) is 7.97. The van der Waals surface area contributed by atoms with E-state index in [0.29, 0.717) is 6.42 Å². The molecule has 2 atom stereocenters. The van der Waals surface area contributed by atoms with Crippen molar-refractivity contribution in [1.29, 1.82) is 0 Å². The first-order valence-electron chi connectivity index (χ1n) is 8.08. The summed E-state index contributed by atoms with van der Waals surface area (Å²) in [5, 5.41) is 12.6. The largest absolute Gasteiger partial charge is 0.460 e. The van der Waals surface area contributed by atoms with E-state index >= 15 is 0 Å². The minimum atomic E-state index is -0.859. The molecule has 1 unspecified atom stereocenters. The second kappa shape index (κ2) is 9.27. The number of alkyl carbamates (subject to hydrolysis) is 1. The van der Waals surface area contributed by atoms with Gasteiger partial charge in [-0.1, -0.05) is 37.3 Å². The Morgan fingerprint density at radius 3 is 2.38 bits per heavy atom. The van der Waals surface area contributed by atoms with E-state index in [2.05, 4.69) is 5.32 Å². The van der Waals surface area contributed by atoms with Crippen LogP contribution in [0.5, 0.6) is 0 Å². The van der Waals surface area contributed by atoms with Crippen molar-refractivity contribution in [2.75, 3.05) is 0 Å². The summed E-state index contributed by atoms with van der Waals surface area (Å²) < 4.78 is 10.4. The Balaban J connectivity index is 2.55. The molecule has 0 aliphatic rings. The van der Waals surface area contributed by atoms with E-state index < -0.39 is 29.8 Å². The maximum atomic E-state index is 11.9. The molecule has 0 fully saturated rings. The van der Waals surface area contributed by atoms with Gasteiger partial charge >= 0.3 is 12.1 Å². The Kier molecular flexibility index (Phi) is 7.71. The fourth-order valence-corrected chi connectivity index (χ4v) is 2.05. The van der Waals surface area contributed by atoms with Crippen LogP contribution in [0.25, 0.3) is 0 Å². The van der Waals surface area contributed by atoms with Crippen molar-refractivity contribution in [3.63, 3.8) is 0 Å². The fourth-order valence-electron chi connectivity index (χ4n) is 2.05. The topological polar surface area (TPSA) is 84.9 Å². The summed E-state index contributed by atoms with van der Waals surface area (Å²) in [4.78, 5) is 23.8. The summed E-state index contributed by atoms with van der Waals surface area (Å²) in [6.07, 6.45) is -1.26. The lowest BCUT2D eigenvalue weighted by Gasteiger charge is -2.25. The first-order valence-corrected chi connectivity index (χ1v) is 8.08. The van der Waals surface area contributed by atoms with Crippen LogP contribution in [0.4, 0.5) is 4.79 Å². The molecule has 1 aromatic rings. The third-order valence-corrected chi connectivity index (χ3v) is 3.21. The highest BCUT2D eigenvalue weighted by molar-refractivity contribution is 5.73. The van der Waals surface area contributed by atoms with Crippen LogP contribution in [0.15, 0.2) is 30.3 Å². The number of rotatable bonds is 7. The highest BCUT2D eigenvalue weighted by Crippen LogP contribution is 2.12. The minimum Gasteiger partial charge on any atom is -0.460 e. The van der Waals surface area contributed by atoms with Crippen LogP contribution in [0.2, 0.25) is 0 Å². The zero-order chi connectivity index (χ0) is 18.2. The van der Waals surface area contributed by atoms with Crippen LogP contribution >= 0.6 is 0 Å². The van der Waals surface area contributed by atoms with Crippen molar-refractivity contribution in [1.82, 2.24) is 5.32 Å². The second-order valence-corrected chi connectivity index (χ2v) is 6.58. The predicted molar refractivity (Wildman–Crippen MR) is 90.3 cm³/mol. The Hall–Kier alpha value is -2.08. The van der Waals surface area contributed by atoms with E-state index in [1.165, 1.54) is 0 Å². The van der Waals surface area contributed by atoms with Gasteiger partial charge in [0, 0.05) is 0 Å². The Morgan fingerprint density at radius 1 is 1.21 bits per heavy atom. The van der Waals surface area contributed by atoms with E-state index in [9.17, 15) is 14.7 Å². The van der Waals surface area contributed by atoms with Gasteiger partial charge in [-0.05, 0) is 32.8 Å². The number of hydrogen-bond donors (Lipinski definition) is 2. The number of carbonyl (C=O) groups excluding carboxylic acids is 2. The van der Waals surface area contributed by atoms with E-state index in [1.807, 2.05) is 30.3 Å². The summed E-state index contributed by atoms with van der Waals surface area (Å²) in [5.74, 6) is -0.483. The molecule has 6 nitrogen and oxygen atoms in total. The van der Waals surface area contributed by atoms with Gasteiger partial charge in [0.05, 0.1) is 18.6 Å². The molecule has 0 aliphatic carbocycles. The van der Waals surface area contributed by atoms with Crippen molar-refractivity contribution >= 4 is 12.1 Å². The lowest BCUT2D eigenvalue weighted by atomic mass is 10.1. The Labute approximate surface area is 143 Å². The van der Waals surface area contributed by atoms with Crippen LogP contribution in [0.3, 0.4) is 0 Å². The molecule has 0 aromatic heterocycles. The summed E-state index contributed by atoms with van der Waals surface area (Å²) in [5.41, 5.74) is 0.236. The molecule has 0 radical (unpaired) electrons. The van der Waals surface area contributed by atoms with Crippen molar-refractivity contribution in [2.45, 2.75) is 64.9 Å². The molecule has 0 saturated heterocycles. The van der Waals surface area contributed by atoms with Gasteiger partial charge in [0.25, 0.3) is 0 Å². The predicted octanol–water partition coefficient (Wildman–Crippen LogP) is 2.78. The smallest absolute Gasteiger partial charge is 0.407 e. The van der Waals surface area contributed by atoms with Gasteiger partial charge in [0.2, 0.25) is 0 Å². The SMILES string of the molecule is CCC(O)[C@H](CC(=O)OC(C)(C)C)NC(=O)OCc1ccccc1. The Morgan fingerprint density at radius 2 is 1.83 bits per heavy atom. The molecular formula is C18H27NO5. The molecule has 0 aliphatic heterocycles. The summed E-state index contributed by atoms with van der Waals surface area (Å²) in [6.45, 7) is 7.17. The van der Waals surface area contributed by atoms with E-state index in [1.54, 1.807) is 27.7 Å². The normalized spacial score (nSPS) is 13.7. The number of aliphatic hydroxyl groups excluding tert-OH is 1. The molecule has 0 heterocycles. The molecule has 0 bridgehead atoms. The molecule has 2 N–H and O–H groups in total. The van der Waals surface area contributed by atoms with Gasteiger partial charge in [0.15, 0.2) is 0 Å². The van der Waals surface area contributed by atoms with Crippen molar-refractivity contribution in [3.8, 4) is 0 Å². The van der Waals surface area contributed by atoms with E-state index in [-0.39, 0.29) is 13.0 Å². The van der Waals surface area contributed by atoms with Gasteiger partial charge in [-0.2, -0.15) is 0 Å². The molecule has 1 rings (SSSR count). The summed E-state index contributed by atoms with van der Waals surface area (Å²) >= 11 is 0. The quantitative estimate of drug-likeness (QED) is 0.747. The number of nitrogens with one attached hydrogen (secondary N) is 1. The summed E-state index contributed by atoms with van der Waals surface area (Å²) in [6, 6.07) is 8.50. The minimum absolute atomic E-state index is 0.118. The highest BCUT2D eigenvalue weighted by atomic mass is 16.6. The number of benzene rings is 1. The fraction of sp³-hybridized carbons (Fsp3) is 0.556. The Bertz CT molecular complexity index is 524. The number of carbonyl (C=O) groups is 2. The van der Waals surface area contributed by atoms with Gasteiger partial charge in [-0.15, -0.1) is 0 Å². The van der Waals surface area contributed by atoms with Gasteiger partial charge < -0.3 is 19.9 Å². The lowest BCUT2D eigenvalue weighted by molar-refractivity contribution is -0.156. The molecule has 6 heteroatoms. The summed E-state index contributed by atoms with van der Waals surface area (Å²) in [7, 11) is 0. The van der Waals surface area contributed by atoms with Crippen LogP contribution < -0.4 is 5.32 Å². The third-order valence-electron chi connectivity index (χ3n) is 3.21. The lowest BCUT2D eigenvalue weighted by Crippen LogP contribution is -2.45. The number of esters is 1. The zero-order valence-corrected chi connectivity index (χ0v) is 14.7. The zero-order valence-electron chi connectivity index (χ0n) is 14.7. The van der Waals surface area contributed by atoms with Gasteiger partial charge in [-0.25, -0.2) is 4.79 Å². The second-order valence-electron chi connectivity index (χ2n) is 6.58. The average molecular weight is 337 g/mol. The van der Waals surface area contributed by atoms with Gasteiger partial charge in [0.1, 0.15) is 12.2 Å². The molecule has 24 heavy (non-hydrogen) atoms. The van der Waals surface area contributed by atoms with Crippen LogP contribution in [0, 0.1) is 0 Å². The first kappa shape index (κ1) is 20.0. The monoisotopic (exact) mass is 337 g/mol. The molecule has 0 saturated carbocycles. The molecule has 1 aromatic carbocycles. The number of hydrogen-bond acceptors (Lipinski definition) is 5. The maximum absolute atomic E-state index is 11.9. The molecule has 134 valence electrons. The van der Waals surface area contributed by atoms with Crippen molar-refractivity contribution in [3.05, 3.63) is 35.9 Å². The number of aliphatic hydroxyl groups is 1. The number of ether oxygens (including phenoxy) is 2. The maximum Gasteiger partial charge on any atom is 0.407 e. The average Bonchev–Trinajstić information content (AvgIpc) is 2.50. The van der Waals surface area contributed by atoms with Gasteiger partial charge in [-0.3, -0.25) is 4.79 Å². The van der Waals surface area contributed by atoms with Crippen LogP contribution in [-0.2, 0) is 20.9 Å². The number of amides is 1. The van der Waals surface area contributed by atoms with Crippen molar-refractivity contribution in [2.24, 2.45) is 0 Å². The van der Waals surface area contributed by atoms with E-state index in [0.717, 1.165) is 5.56 Å². The molecular weight excluding hydrogens is 310 g/mol. The van der Waals surface area contributed by atoms with E-state index in [4.69, 9.17) is 9.47 Å². The molecule has 0 spiro atoms.